The number of ether oxygens (including phenoxy) is 1. The van der Waals surface area contributed by atoms with Crippen molar-refractivity contribution in [2.24, 2.45) is 0 Å². The lowest BCUT2D eigenvalue weighted by atomic mass is 9.92. The second kappa shape index (κ2) is 13.2. The Labute approximate surface area is 326 Å². The fourth-order valence-corrected chi connectivity index (χ4v) is 8.62. The van der Waals surface area contributed by atoms with Crippen molar-refractivity contribution < 1.29 is 4.74 Å². The molecule has 0 atom stereocenters. The molecule has 0 N–H and O–H groups in total. The molecule has 1 heterocycles. The maximum atomic E-state index is 6.92. The zero-order chi connectivity index (χ0) is 37.0. The minimum absolute atomic E-state index is 0.863. The van der Waals surface area contributed by atoms with E-state index in [0.29, 0.717) is 0 Å². The van der Waals surface area contributed by atoms with Gasteiger partial charge in [0, 0.05) is 33.3 Å². The van der Waals surface area contributed by atoms with Crippen LogP contribution in [0.3, 0.4) is 0 Å². The SMILES string of the molecule is c1ccc(-c2ccc(N(c3ccc(-c4cc5ccccc5c5ccccc45)cc3)c3cccc4c5c(ccc34)-c3ccccc3-c3ccccc3O5)cc2)cc1. The number of fused-ring (bicyclic) bond motifs is 10. The molecule has 2 heteroatoms. The Morgan fingerprint density at radius 1 is 0.304 bits per heavy atom. The van der Waals surface area contributed by atoms with Gasteiger partial charge in [0.25, 0.3) is 0 Å². The number of hydrogen-bond donors (Lipinski definition) is 0. The Balaban J connectivity index is 1.09. The van der Waals surface area contributed by atoms with Gasteiger partial charge in [-0.15, -0.1) is 0 Å². The van der Waals surface area contributed by atoms with Crippen molar-refractivity contribution in [2.75, 3.05) is 4.90 Å². The minimum Gasteiger partial charge on any atom is -0.455 e. The largest absolute Gasteiger partial charge is 0.455 e. The van der Waals surface area contributed by atoms with Gasteiger partial charge in [-0.1, -0.05) is 164 Å². The Bertz CT molecular complexity index is 3090. The summed E-state index contributed by atoms with van der Waals surface area (Å²) < 4.78 is 6.92. The summed E-state index contributed by atoms with van der Waals surface area (Å²) in [5.74, 6) is 1.74. The van der Waals surface area contributed by atoms with Gasteiger partial charge in [0.05, 0.1) is 5.69 Å². The van der Waals surface area contributed by atoms with Crippen LogP contribution in [-0.4, -0.2) is 0 Å². The number of nitrogens with zero attached hydrogens (tertiary/aromatic N) is 1. The van der Waals surface area contributed by atoms with Gasteiger partial charge >= 0.3 is 0 Å². The Morgan fingerprint density at radius 2 is 0.875 bits per heavy atom. The van der Waals surface area contributed by atoms with Gasteiger partial charge in [-0.25, -0.2) is 0 Å². The van der Waals surface area contributed by atoms with Gasteiger partial charge < -0.3 is 9.64 Å². The molecule has 0 aromatic heterocycles. The maximum Gasteiger partial charge on any atom is 0.143 e. The Morgan fingerprint density at radius 3 is 1.64 bits per heavy atom. The summed E-state index contributed by atoms with van der Waals surface area (Å²) in [5.41, 5.74) is 12.6. The third-order valence-corrected chi connectivity index (χ3v) is 11.3. The number of anilines is 3. The lowest BCUT2D eigenvalue weighted by molar-refractivity contribution is 0.493. The Kier molecular flexibility index (Phi) is 7.53. The molecule has 0 amide bonds. The molecule has 0 spiro atoms. The monoisotopic (exact) mass is 713 g/mol. The van der Waals surface area contributed by atoms with Gasteiger partial charge in [-0.05, 0) is 103 Å². The van der Waals surface area contributed by atoms with E-state index in [4.69, 9.17) is 4.74 Å². The van der Waals surface area contributed by atoms with Gasteiger partial charge in [-0.3, -0.25) is 0 Å². The molecule has 0 unspecified atom stereocenters. The van der Waals surface area contributed by atoms with Crippen molar-refractivity contribution in [3.63, 3.8) is 0 Å². The summed E-state index contributed by atoms with van der Waals surface area (Å²) in [6.07, 6.45) is 0. The fourth-order valence-electron chi connectivity index (χ4n) is 8.62. The number of para-hydroxylation sites is 1. The summed E-state index contributed by atoms with van der Waals surface area (Å²) in [4.78, 5) is 2.38. The predicted molar refractivity (Wildman–Crippen MR) is 235 cm³/mol. The number of benzene rings is 10. The first-order valence-corrected chi connectivity index (χ1v) is 19.2. The fraction of sp³-hybridized carbons (Fsp3) is 0. The maximum absolute atomic E-state index is 6.92. The normalized spacial score (nSPS) is 11.7. The van der Waals surface area contributed by atoms with Crippen LogP contribution in [0.25, 0.3) is 76.8 Å². The second-order valence-corrected chi connectivity index (χ2v) is 14.4. The molecule has 1 aliphatic rings. The predicted octanol–water partition coefficient (Wildman–Crippen LogP) is 15.4. The van der Waals surface area contributed by atoms with E-state index in [0.717, 1.165) is 50.5 Å². The average molecular weight is 714 g/mol. The topological polar surface area (TPSA) is 12.5 Å². The van der Waals surface area contributed by atoms with E-state index in [1.807, 2.05) is 6.07 Å². The molecule has 0 saturated heterocycles. The average Bonchev–Trinajstić information content (AvgIpc) is 3.42. The molecule has 0 radical (unpaired) electrons. The van der Waals surface area contributed by atoms with Crippen LogP contribution in [0.4, 0.5) is 17.1 Å². The zero-order valence-electron chi connectivity index (χ0n) is 30.6. The van der Waals surface area contributed by atoms with Crippen molar-refractivity contribution in [3.05, 3.63) is 212 Å². The van der Waals surface area contributed by atoms with E-state index in [1.165, 1.54) is 54.9 Å². The lowest BCUT2D eigenvalue weighted by Crippen LogP contribution is -2.10. The van der Waals surface area contributed by atoms with Gasteiger partial charge in [0.15, 0.2) is 0 Å². The third kappa shape index (κ3) is 5.26. The zero-order valence-corrected chi connectivity index (χ0v) is 30.6. The highest BCUT2D eigenvalue weighted by Gasteiger charge is 2.24. The smallest absolute Gasteiger partial charge is 0.143 e. The first kappa shape index (κ1) is 32.0. The molecular formula is C54H35NO. The van der Waals surface area contributed by atoms with Crippen LogP contribution in [0.2, 0.25) is 0 Å². The van der Waals surface area contributed by atoms with E-state index in [9.17, 15) is 0 Å². The van der Waals surface area contributed by atoms with Crippen molar-refractivity contribution in [3.8, 4) is 56.0 Å². The van der Waals surface area contributed by atoms with Crippen LogP contribution in [0.15, 0.2) is 212 Å². The molecule has 1 aliphatic heterocycles. The van der Waals surface area contributed by atoms with Crippen molar-refractivity contribution in [1.82, 2.24) is 0 Å². The van der Waals surface area contributed by atoms with E-state index < -0.39 is 0 Å². The molecule has 10 aromatic rings. The van der Waals surface area contributed by atoms with Crippen LogP contribution in [0.5, 0.6) is 11.5 Å². The van der Waals surface area contributed by atoms with Gasteiger partial charge in [-0.2, -0.15) is 0 Å². The van der Waals surface area contributed by atoms with Crippen molar-refractivity contribution in [1.29, 1.82) is 0 Å². The van der Waals surface area contributed by atoms with Crippen molar-refractivity contribution in [2.45, 2.75) is 0 Å². The van der Waals surface area contributed by atoms with Crippen LogP contribution in [0.1, 0.15) is 0 Å². The number of rotatable bonds is 5. The first-order chi connectivity index (χ1) is 27.8. The van der Waals surface area contributed by atoms with Crippen molar-refractivity contribution >= 4 is 49.4 Å². The molecule has 56 heavy (non-hydrogen) atoms. The van der Waals surface area contributed by atoms with E-state index >= 15 is 0 Å². The molecule has 11 rings (SSSR count). The van der Waals surface area contributed by atoms with Gasteiger partial charge in [0.1, 0.15) is 11.5 Å². The van der Waals surface area contributed by atoms with Crippen LogP contribution < -0.4 is 9.64 Å². The highest BCUT2D eigenvalue weighted by Crippen LogP contribution is 2.51. The standard InChI is InChI=1S/C54H35NO/c1-2-13-36(14-3-1)37-25-29-40(30-26-37)55(41-31-27-38(28-32-41)51-35-39-15-4-5-16-42(39)43-17-6-9-20-46(43)51)52-23-12-22-49-47(52)33-34-50-45-19-8-7-18-44(45)48-21-10-11-24-53(48)56-54(49)50/h1-35H. The molecular weight excluding hydrogens is 679 g/mol. The molecule has 262 valence electrons. The Hall–Kier alpha value is -7.42. The van der Waals surface area contributed by atoms with Crippen LogP contribution >= 0.6 is 0 Å². The lowest BCUT2D eigenvalue weighted by Gasteiger charge is -2.28. The molecule has 2 nitrogen and oxygen atoms in total. The highest BCUT2D eigenvalue weighted by molar-refractivity contribution is 6.14. The molecule has 10 aromatic carbocycles. The molecule has 0 aliphatic carbocycles. The first-order valence-electron chi connectivity index (χ1n) is 19.2. The quantitative estimate of drug-likeness (QED) is 0.165. The summed E-state index contributed by atoms with van der Waals surface area (Å²) in [7, 11) is 0. The third-order valence-electron chi connectivity index (χ3n) is 11.3. The van der Waals surface area contributed by atoms with Gasteiger partial charge in [0.2, 0.25) is 0 Å². The minimum atomic E-state index is 0.863. The van der Waals surface area contributed by atoms with Crippen LogP contribution in [0, 0.1) is 0 Å². The molecule has 0 fully saturated rings. The van der Waals surface area contributed by atoms with E-state index in [1.54, 1.807) is 0 Å². The number of hydrogen-bond acceptors (Lipinski definition) is 2. The summed E-state index contributed by atoms with van der Waals surface area (Å²) in [6, 6.07) is 76.3. The van der Waals surface area contributed by atoms with Crippen LogP contribution in [-0.2, 0) is 0 Å². The summed E-state index contributed by atoms with van der Waals surface area (Å²) in [5, 5.41) is 7.22. The molecule has 0 saturated carbocycles. The highest BCUT2D eigenvalue weighted by atomic mass is 16.5. The molecule has 0 bridgehead atoms. The van der Waals surface area contributed by atoms with E-state index in [2.05, 4.69) is 211 Å². The van der Waals surface area contributed by atoms with E-state index in [-0.39, 0.29) is 0 Å². The summed E-state index contributed by atoms with van der Waals surface area (Å²) >= 11 is 0. The second-order valence-electron chi connectivity index (χ2n) is 14.4. The summed E-state index contributed by atoms with van der Waals surface area (Å²) in [6.45, 7) is 0.